The second-order valence-electron chi connectivity index (χ2n) is 7.12. The molecule has 128 valence electrons. The van der Waals surface area contributed by atoms with Gasteiger partial charge in [-0.05, 0) is 44.4 Å². The number of nitrogens with one attached hydrogen (secondary N) is 1. The molecule has 0 radical (unpaired) electrons. The van der Waals surface area contributed by atoms with Crippen LogP contribution in [0.5, 0.6) is 0 Å². The molecule has 0 saturated carbocycles. The first-order valence-electron chi connectivity index (χ1n) is 8.67. The third-order valence-corrected chi connectivity index (χ3v) is 6.91. The summed E-state index contributed by atoms with van der Waals surface area (Å²) in [5, 5.41) is 3.73. The number of nitrogens with zero attached hydrogens (tertiary/aromatic N) is 1. The maximum Gasteiger partial charge on any atom is 0.129 e. The zero-order valence-electron chi connectivity index (χ0n) is 15.0. The lowest BCUT2D eigenvalue weighted by atomic mass is 9.88. The Balaban J connectivity index is 2.05. The average Bonchev–Trinajstić information content (AvgIpc) is 2.95. The van der Waals surface area contributed by atoms with Crippen molar-refractivity contribution in [1.29, 1.82) is 0 Å². The number of fused-ring (bicyclic) bond motifs is 3. The van der Waals surface area contributed by atoms with Crippen molar-refractivity contribution in [2.24, 2.45) is 0 Å². The number of aryl methyl sites for hydroxylation is 2. The van der Waals surface area contributed by atoms with Crippen molar-refractivity contribution >= 4 is 29.4 Å². The monoisotopic (exact) mass is 366 g/mol. The van der Waals surface area contributed by atoms with Gasteiger partial charge in [0.2, 0.25) is 0 Å². The van der Waals surface area contributed by atoms with E-state index in [9.17, 15) is 0 Å². The number of para-hydroxylation sites is 2. The quantitative estimate of drug-likeness (QED) is 0.524. The van der Waals surface area contributed by atoms with E-state index in [1.165, 1.54) is 38.5 Å². The van der Waals surface area contributed by atoms with Gasteiger partial charge >= 0.3 is 0 Å². The predicted molar refractivity (Wildman–Crippen MR) is 111 cm³/mol. The molecular formula is C21H22N2S2. The van der Waals surface area contributed by atoms with E-state index in [1.807, 2.05) is 0 Å². The van der Waals surface area contributed by atoms with Gasteiger partial charge in [-0.15, -0.1) is 0 Å². The van der Waals surface area contributed by atoms with Crippen molar-refractivity contribution in [2.75, 3.05) is 5.32 Å². The number of anilines is 1. The second kappa shape index (κ2) is 5.82. The van der Waals surface area contributed by atoms with Gasteiger partial charge in [0.05, 0.1) is 16.1 Å². The molecule has 0 unspecified atom stereocenters. The molecule has 0 fully saturated rings. The fraction of sp³-hybridized carbons (Fsp3) is 0.286. The van der Waals surface area contributed by atoms with Gasteiger partial charge in [-0.3, -0.25) is 3.96 Å². The van der Waals surface area contributed by atoms with Crippen LogP contribution in [0.25, 0.3) is 16.8 Å². The van der Waals surface area contributed by atoms with Crippen LogP contribution in [0.15, 0.2) is 42.5 Å². The van der Waals surface area contributed by atoms with Crippen LogP contribution in [0.3, 0.4) is 0 Å². The highest BCUT2D eigenvalue weighted by Gasteiger charge is 2.35. The predicted octanol–water partition coefficient (Wildman–Crippen LogP) is 6.47. The van der Waals surface area contributed by atoms with Gasteiger partial charge in [0.15, 0.2) is 0 Å². The highest BCUT2D eigenvalue weighted by atomic mass is 32.1. The van der Waals surface area contributed by atoms with Crippen LogP contribution in [0.1, 0.15) is 36.8 Å². The van der Waals surface area contributed by atoms with E-state index in [0.29, 0.717) is 0 Å². The number of hydrogen-bond acceptors (Lipinski definition) is 3. The lowest BCUT2D eigenvalue weighted by Crippen LogP contribution is -2.31. The van der Waals surface area contributed by atoms with Crippen molar-refractivity contribution in [1.82, 2.24) is 3.96 Å². The van der Waals surface area contributed by atoms with Crippen LogP contribution < -0.4 is 5.32 Å². The van der Waals surface area contributed by atoms with E-state index in [2.05, 4.69) is 79.4 Å². The van der Waals surface area contributed by atoms with Crippen molar-refractivity contribution in [3.8, 4) is 16.8 Å². The molecule has 0 spiro atoms. The summed E-state index contributed by atoms with van der Waals surface area (Å²) in [5.74, 6) is 0. The average molecular weight is 367 g/mol. The zero-order valence-corrected chi connectivity index (χ0v) is 16.6. The van der Waals surface area contributed by atoms with Crippen molar-refractivity contribution < 1.29 is 0 Å². The molecule has 4 rings (SSSR count). The number of rotatable bonds is 2. The first-order valence-corrected chi connectivity index (χ1v) is 9.85. The van der Waals surface area contributed by atoms with Crippen LogP contribution in [0.2, 0.25) is 0 Å². The van der Waals surface area contributed by atoms with E-state index in [0.717, 1.165) is 11.1 Å². The molecule has 1 aromatic heterocycles. The fourth-order valence-electron chi connectivity index (χ4n) is 3.62. The van der Waals surface area contributed by atoms with Crippen LogP contribution in [0.4, 0.5) is 5.69 Å². The smallest absolute Gasteiger partial charge is 0.129 e. The molecule has 1 aliphatic rings. The van der Waals surface area contributed by atoms with Crippen LogP contribution in [-0.4, -0.2) is 3.96 Å². The van der Waals surface area contributed by atoms with E-state index in [-0.39, 0.29) is 5.54 Å². The molecule has 0 aliphatic carbocycles. The Morgan fingerprint density at radius 3 is 2.64 bits per heavy atom. The normalized spacial score (nSPS) is 14.6. The van der Waals surface area contributed by atoms with Gasteiger partial charge in [-0.25, -0.2) is 0 Å². The molecular weight excluding hydrogens is 344 g/mol. The Hall–Kier alpha value is -1.91. The molecule has 0 saturated heterocycles. The van der Waals surface area contributed by atoms with E-state index < -0.39 is 0 Å². The molecule has 0 bridgehead atoms. The minimum absolute atomic E-state index is 0.140. The molecule has 0 atom stereocenters. The van der Waals surface area contributed by atoms with Gasteiger partial charge in [0.25, 0.3) is 0 Å². The summed E-state index contributed by atoms with van der Waals surface area (Å²) < 4.78 is 3.15. The second-order valence-corrected chi connectivity index (χ2v) is 8.47. The molecule has 1 aliphatic heterocycles. The van der Waals surface area contributed by atoms with Gasteiger partial charge in [0.1, 0.15) is 4.64 Å². The van der Waals surface area contributed by atoms with Crippen molar-refractivity contribution in [3.63, 3.8) is 0 Å². The number of hydrogen-bond donors (Lipinski definition) is 1. The Labute approximate surface area is 158 Å². The topological polar surface area (TPSA) is 17.0 Å². The summed E-state index contributed by atoms with van der Waals surface area (Å²) in [7, 11) is 0. The van der Waals surface area contributed by atoms with Crippen LogP contribution in [0, 0.1) is 11.6 Å². The highest BCUT2D eigenvalue weighted by molar-refractivity contribution is 7.71. The Kier molecular flexibility index (Phi) is 3.85. The Morgan fingerprint density at radius 2 is 1.88 bits per heavy atom. The third-order valence-electron chi connectivity index (χ3n) is 4.95. The molecule has 4 heteroatoms. The first-order chi connectivity index (χ1) is 11.9. The number of aromatic nitrogens is 1. The number of benzene rings is 2. The molecule has 3 aromatic rings. The van der Waals surface area contributed by atoms with Gasteiger partial charge in [-0.2, -0.15) is 0 Å². The minimum atomic E-state index is -0.140. The minimum Gasteiger partial charge on any atom is -0.374 e. The van der Waals surface area contributed by atoms with Crippen molar-refractivity contribution in [3.05, 3.63) is 63.1 Å². The SMILES string of the molecule is CCc1ccccc1-n1sc2c(c1=S)-c1cccc(C)c1NC2(C)C. The maximum absolute atomic E-state index is 5.97. The summed E-state index contributed by atoms with van der Waals surface area (Å²) in [6.45, 7) is 8.83. The third kappa shape index (κ3) is 2.47. The van der Waals surface area contributed by atoms with Crippen LogP contribution >= 0.6 is 23.8 Å². The fourth-order valence-corrected chi connectivity index (χ4v) is 5.32. The lowest BCUT2D eigenvalue weighted by molar-refractivity contribution is 0.619. The molecule has 0 amide bonds. The van der Waals surface area contributed by atoms with E-state index in [1.54, 1.807) is 11.5 Å². The summed E-state index contributed by atoms with van der Waals surface area (Å²) in [6.07, 6.45) is 0.998. The molecule has 2 nitrogen and oxygen atoms in total. The van der Waals surface area contributed by atoms with Gasteiger partial charge in [-0.1, -0.05) is 67.1 Å². The first kappa shape index (κ1) is 16.6. The molecule has 25 heavy (non-hydrogen) atoms. The standard InChI is InChI=1S/C21H22N2S2/c1-5-14-10-6-7-12-16(14)23-20(24)17-15-11-8-9-13(2)18(15)22-21(3,4)19(17)25-23/h6-12,22H,5H2,1-4H3. The maximum atomic E-state index is 5.97. The van der Waals surface area contributed by atoms with Gasteiger partial charge in [0, 0.05) is 16.8 Å². The van der Waals surface area contributed by atoms with Crippen LogP contribution in [-0.2, 0) is 12.0 Å². The summed E-state index contributed by atoms with van der Waals surface area (Å²) in [4.78, 5) is 1.31. The zero-order chi connectivity index (χ0) is 17.8. The molecule has 2 aromatic carbocycles. The lowest BCUT2D eigenvalue weighted by Gasteiger charge is -2.34. The van der Waals surface area contributed by atoms with Gasteiger partial charge < -0.3 is 5.32 Å². The summed E-state index contributed by atoms with van der Waals surface area (Å²) in [5.41, 5.74) is 7.31. The largest absolute Gasteiger partial charge is 0.374 e. The summed E-state index contributed by atoms with van der Waals surface area (Å²) >= 11 is 7.74. The van der Waals surface area contributed by atoms with E-state index >= 15 is 0 Å². The summed E-state index contributed by atoms with van der Waals surface area (Å²) in [6, 6.07) is 15.0. The van der Waals surface area contributed by atoms with E-state index in [4.69, 9.17) is 12.2 Å². The Morgan fingerprint density at radius 1 is 1.12 bits per heavy atom. The molecule has 1 N–H and O–H groups in total. The van der Waals surface area contributed by atoms with Crippen molar-refractivity contribution in [2.45, 2.75) is 39.7 Å². The highest BCUT2D eigenvalue weighted by Crippen LogP contribution is 2.48. The Bertz CT molecular complexity index is 1020. The molecule has 2 heterocycles.